The Morgan fingerprint density at radius 2 is 1.82 bits per heavy atom. The van der Waals surface area contributed by atoms with Crippen molar-refractivity contribution in [1.82, 2.24) is 4.98 Å². The fraction of sp³-hybridized carbons (Fsp3) is 0.0769. The number of aliphatic carboxylic acids is 1. The minimum atomic E-state index is -0.855. The second-order valence-corrected chi connectivity index (χ2v) is 4.54. The monoisotopic (exact) mass is 245 g/mol. The largest absolute Gasteiger partial charge is 0.480 e. The molecule has 0 fully saturated rings. The molecule has 0 aliphatic carbocycles. The van der Waals surface area contributed by atoms with E-state index in [2.05, 4.69) is 4.98 Å². The maximum absolute atomic E-state index is 11.3. The predicted octanol–water partition coefficient (Wildman–Crippen LogP) is 3.00. The Balaban J connectivity index is 2.23. The number of pyridine rings is 1. The zero-order valence-electron chi connectivity index (χ0n) is 8.98. The lowest BCUT2D eigenvalue weighted by molar-refractivity contribution is -0.136. The first-order valence-corrected chi connectivity index (χ1v) is 6.01. The van der Waals surface area contributed by atoms with Gasteiger partial charge < -0.3 is 5.11 Å². The average molecular weight is 245 g/mol. The molecule has 1 unspecified atom stereocenters. The number of hydrogen-bond acceptors (Lipinski definition) is 3. The molecule has 1 heterocycles. The van der Waals surface area contributed by atoms with Gasteiger partial charge in [-0.15, -0.1) is 0 Å². The summed E-state index contributed by atoms with van der Waals surface area (Å²) in [5, 5.41) is 9.33. The van der Waals surface area contributed by atoms with Crippen LogP contribution < -0.4 is 0 Å². The SMILES string of the molecule is O=C(O)C(Sc1ccccn1)c1ccccc1. The molecule has 0 saturated carbocycles. The summed E-state index contributed by atoms with van der Waals surface area (Å²) in [6.45, 7) is 0. The lowest BCUT2D eigenvalue weighted by atomic mass is 10.1. The molecule has 4 heteroatoms. The lowest BCUT2D eigenvalue weighted by Crippen LogP contribution is -2.07. The average Bonchev–Trinajstić information content (AvgIpc) is 2.38. The quantitative estimate of drug-likeness (QED) is 0.841. The molecule has 2 rings (SSSR count). The number of benzene rings is 1. The molecular formula is C13H11NO2S. The van der Waals surface area contributed by atoms with E-state index in [4.69, 9.17) is 0 Å². The van der Waals surface area contributed by atoms with Crippen LogP contribution in [-0.4, -0.2) is 16.1 Å². The van der Waals surface area contributed by atoms with Crippen LogP contribution in [0, 0.1) is 0 Å². The van der Waals surface area contributed by atoms with Gasteiger partial charge in [0.15, 0.2) is 0 Å². The van der Waals surface area contributed by atoms with Gasteiger partial charge in [0.25, 0.3) is 0 Å². The number of rotatable bonds is 4. The van der Waals surface area contributed by atoms with Crippen LogP contribution in [0.5, 0.6) is 0 Å². The van der Waals surface area contributed by atoms with Crippen molar-refractivity contribution >= 4 is 17.7 Å². The van der Waals surface area contributed by atoms with Gasteiger partial charge in [0, 0.05) is 6.20 Å². The Hall–Kier alpha value is -1.81. The Morgan fingerprint density at radius 1 is 1.12 bits per heavy atom. The van der Waals surface area contributed by atoms with Gasteiger partial charge in [0.2, 0.25) is 0 Å². The summed E-state index contributed by atoms with van der Waals surface area (Å²) in [7, 11) is 0. The van der Waals surface area contributed by atoms with Gasteiger partial charge in [-0.05, 0) is 17.7 Å². The molecule has 17 heavy (non-hydrogen) atoms. The van der Waals surface area contributed by atoms with E-state index in [0.717, 1.165) is 5.56 Å². The number of carbonyl (C=O) groups is 1. The van der Waals surface area contributed by atoms with E-state index in [-0.39, 0.29) is 0 Å². The van der Waals surface area contributed by atoms with Crippen molar-refractivity contribution in [2.45, 2.75) is 10.3 Å². The molecular weight excluding hydrogens is 234 g/mol. The Labute approximate surface area is 104 Å². The summed E-state index contributed by atoms with van der Waals surface area (Å²) in [4.78, 5) is 15.4. The van der Waals surface area contributed by atoms with Crippen molar-refractivity contribution < 1.29 is 9.90 Å². The van der Waals surface area contributed by atoms with E-state index in [0.29, 0.717) is 5.03 Å². The minimum absolute atomic E-state index is 0.619. The predicted molar refractivity (Wildman–Crippen MR) is 66.9 cm³/mol. The summed E-state index contributed by atoms with van der Waals surface area (Å²) in [5.41, 5.74) is 0.774. The number of carboxylic acids is 1. The highest BCUT2D eigenvalue weighted by molar-refractivity contribution is 8.00. The van der Waals surface area contributed by atoms with E-state index in [1.165, 1.54) is 11.8 Å². The zero-order chi connectivity index (χ0) is 12.1. The highest BCUT2D eigenvalue weighted by Gasteiger charge is 2.21. The summed E-state index contributed by atoms with van der Waals surface area (Å²) in [5.74, 6) is -0.855. The van der Waals surface area contributed by atoms with Gasteiger partial charge in [-0.2, -0.15) is 0 Å². The van der Waals surface area contributed by atoms with E-state index in [1.54, 1.807) is 6.20 Å². The van der Waals surface area contributed by atoms with E-state index in [1.807, 2.05) is 48.5 Å². The first kappa shape index (κ1) is 11.7. The summed E-state index contributed by atoms with van der Waals surface area (Å²) < 4.78 is 0. The van der Waals surface area contributed by atoms with Crippen molar-refractivity contribution in [1.29, 1.82) is 0 Å². The van der Waals surface area contributed by atoms with Crippen LogP contribution in [0.4, 0.5) is 0 Å². The fourth-order valence-corrected chi connectivity index (χ4v) is 2.34. The molecule has 1 N–H and O–H groups in total. The van der Waals surface area contributed by atoms with Crippen molar-refractivity contribution in [2.75, 3.05) is 0 Å². The molecule has 0 aliphatic rings. The minimum Gasteiger partial charge on any atom is -0.480 e. The van der Waals surface area contributed by atoms with Crippen LogP contribution in [0.1, 0.15) is 10.8 Å². The second kappa shape index (κ2) is 5.50. The molecule has 3 nitrogen and oxygen atoms in total. The maximum atomic E-state index is 11.3. The van der Waals surface area contributed by atoms with Gasteiger partial charge in [-0.3, -0.25) is 4.79 Å². The molecule has 0 amide bonds. The molecule has 0 aliphatic heterocycles. The van der Waals surface area contributed by atoms with Gasteiger partial charge in [-0.1, -0.05) is 48.2 Å². The third kappa shape index (κ3) is 3.07. The van der Waals surface area contributed by atoms with E-state index < -0.39 is 11.2 Å². The highest BCUT2D eigenvalue weighted by Crippen LogP contribution is 2.33. The number of aromatic nitrogens is 1. The zero-order valence-corrected chi connectivity index (χ0v) is 9.80. The number of carboxylic acid groups (broad SMARTS) is 1. The Morgan fingerprint density at radius 3 is 2.41 bits per heavy atom. The summed E-state index contributed by atoms with van der Waals surface area (Å²) in [6, 6.07) is 14.6. The molecule has 0 radical (unpaired) electrons. The smallest absolute Gasteiger partial charge is 0.321 e. The third-order valence-corrected chi connectivity index (χ3v) is 3.40. The number of thioether (sulfide) groups is 1. The highest BCUT2D eigenvalue weighted by atomic mass is 32.2. The van der Waals surface area contributed by atoms with Crippen molar-refractivity contribution in [3.63, 3.8) is 0 Å². The summed E-state index contributed by atoms with van der Waals surface area (Å²) >= 11 is 1.24. The molecule has 1 aromatic carbocycles. The molecule has 2 aromatic rings. The molecule has 0 spiro atoms. The van der Waals surface area contributed by atoms with Crippen molar-refractivity contribution in [3.05, 3.63) is 60.3 Å². The Kier molecular flexibility index (Phi) is 3.77. The first-order valence-electron chi connectivity index (χ1n) is 5.13. The van der Waals surface area contributed by atoms with Gasteiger partial charge in [0.05, 0.1) is 5.03 Å². The van der Waals surface area contributed by atoms with Crippen LogP contribution in [0.15, 0.2) is 59.8 Å². The van der Waals surface area contributed by atoms with Crippen LogP contribution in [0.25, 0.3) is 0 Å². The fourth-order valence-electron chi connectivity index (χ4n) is 1.43. The van der Waals surface area contributed by atoms with E-state index in [9.17, 15) is 9.90 Å². The van der Waals surface area contributed by atoms with Crippen molar-refractivity contribution in [2.24, 2.45) is 0 Å². The van der Waals surface area contributed by atoms with Crippen LogP contribution >= 0.6 is 11.8 Å². The van der Waals surface area contributed by atoms with Crippen LogP contribution in [0.3, 0.4) is 0 Å². The first-order chi connectivity index (χ1) is 8.27. The van der Waals surface area contributed by atoms with Gasteiger partial charge in [-0.25, -0.2) is 4.98 Å². The van der Waals surface area contributed by atoms with E-state index >= 15 is 0 Å². The molecule has 86 valence electrons. The number of hydrogen-bond donors (Lipinski definition) is 1. The summed E-state index contributed by atoms with van der Waals surface area (Å²) in [6.07, 6.45) is 1.66. The van der Waals surface area contributed by atoms with Gasteiger partial charge in [0.1, 0.15) is 5.25 Å². The van der Waals surface area contributed by atoms with Crippen LogP contribution in [0.2, 0.25) is 0 Å². The topological polar surface area (TPSA) is 50.2 Å². The molecule has 1 aromatic heterocycles. The Bertz CT molecular complexity index is 487. The normalized spacial score (nSPS) is 12.0. The molecule has 0 saturated heterocycles. The van der Waals surface area contributed by atoms with Crippen molar-refractivity contribution in [3.8, 4) is 0 Å². The molecule has 0 bridgehead atoms. The lowest BCUT2D eigenvalue weighted by Gasteiger charge is -2.11. The van der Waals surface area contributed by atoms with Gasteiger partial charge >= 0.3 is 5.97 Å². The maximum Gasteiger partial charge on any atom is 0.321 e. The second-order valence-electron chi connectivity index (χ2n) is 3.41. The van der Waals surface area contributed by atoms with Crippen LogP contribution in [-0.2, 0) is 4.79 Å². The standard InChI is InChI=1S/C13H11NO2S/c15-13(16)12(10-6-2-1-3-7-10)17-11-8-4-5-9-14-11/h1-9,12H,(H,15,16). The number of nitrogens with zero attached hydrogens (tertiary/aromatic N) is 1. The molecule has 1 atom stereocenters. The third-order valence-electron chi connectivity index (χ3n) is 2.20.